The molecule has 0 spiro atoms. The second-order valence-electron chi connectivity index (χ2n) is 4.89. The van der Waals surface area contributed by atoms with E-state index in [4.69, 9.17) is 5.73 Å². The van der Waals surface area contributed by atoms with Gasteiger partial charge in [0.15, 0.2) is 0 Å². The first-order valence-electron chi connectivity index (χ1n) is 7.06. The van der Waals surface area contributed by atoms with Gasteiger partial charge >= 0.3 is 0 Å². The Hall–Kier alpha value is -1.59. The van der Waals surface area contributed by atoms with Gasteiger partial charge in [-0.3, -0.25) is 4.79 Å². The van der Waals surface area contributed by atoms with E-state index in [1.54, 1.807) is 0 Å². The van der Waals surface area contributed by atoms with Crippen LogP contribution in [0, 0.1) is 0 Å². The lowest BCUT2D eigenvalue weighted by atomic mass is 10.1. The largest absolute Gasteiger partial charge is 0.351 e. The van der Waals surface area contributed by atoms with Gasteiger partial charge in [-0.05, 0) is 40.9 Å². The predicted molar refractivity (Wildman–Crippen MR) is 88.1 cm³/mol. The molecule has 3 N–H and O–H groups in total. The lowest BCUT2D eigenvalue weighted by Crippen LogP contribution is -2.28. The van der Waals surface area contributed by atoms with Gasteiger partial charge in [0.05, 0.1) is 0 Å². The first-order valence-corrected chi connectivity index (χ1v) is 7.85. The van der Waals surface area contributed by atoms with E-state index in [9.17, 15) is 4.79 Å². The Morgan fingerprint density at radius 1 is 1.38 bits per heavy atom. The molecule has 2 aromatic rings. The van der Waals surface area contributed by atoms with Crippen molar-refractivity contribution in [2.75, 3.05) is 6.54 Å². The van der Waals surface area contributed by atoms with Gasteiger partial charge in [0.25, 0.3) is 5.91 Å². The number of amides is 1. The van der Waals surface area contributed by atoms with Crippen LogP contribution in [0.2, 0.25) is 0 Å². The van der Waals surface area contributed by atoms with Crippen molar-refractivity contribution in [2.45, 2.75) is 25.9 Å². The summed E-state index contributed by atoms with van der Waals surface area (Å²) in [7, 11) is 0. The van der Waals surface area contributed by atoms with Crippen molar-refractivity contribution in [3.05, 3.63) is 58.3 Å². The first-order chi connectivity index (χ1) is 10.1. The average molecular weight is 350 g/mol. The Morgan fingerprint density at radius 3 is 2.76 bits per heavy atom. The van der Waals surface area contributed by atoms with Crippen LogP contribution in [0.4, 0.5) is 0 Å². The average Bonchev–Trinajstić information content (AvgIpc) is 2.89. The normalized spacial score (nSPS) is 12.1. The van der Waals surface area contributed by atoms with Gasteiger partial charge in [0, 0.05) is 29.8 Å². The van der Waals surface area contributed by atoms with Gasteiger partial charge in [0.1, 0.15) is 5.69 Å². The van der Waals surface area contributed by atoms with E-state index in [0.29, 0.717) is 18.7 Å². The quantitative estimate of drug-likeness (QED) is 0.841. The molecular weight excluding hydrogens is 330 g/mol. The summed E-state index contributed by atoms with van der Waals surface area (Å²) in [5, 5.41) is 2.93. The molecule has 0 radical (unpaired) electrons. The lowest BCUT2D eigenvalue weighted by molar-refractivity contribution is 0.0943. The highest BCUT2D eigenvalue weighted by Gasteiger charge is 2.12. The third kappa shape index (κ3) is 4.19. The predicted octanol–water partition coefficient (Wildman–Crippen LogP) is 3.09. The molecule has 1 atom stereocenters. The fraction of sp³-hybridized carbons (Fsp3) is 0.312. The minimum absolute atomic E-state index is 0.0591. The van der Waals surface area contributed by atoms with Gasteiger partial charge in [-0.1, -0.05) is 30.3 Å². The van der Waals surface area contributed by atoms with Crippen LogP contribution in [0.5, 0.6) is 0 Å². The van der Waals surface area contributed by atoms with Crippen molar-refractivity contribution in [2.24, 2.45) is 5.73 Å². The highest BCUT2D eigenvalue weighted by molar-refractivity contribution is 9.10. The summed E-state index contributed by atoms with van der Waals surface area (Å²) in [5.74, 6) is -0.0668. The second-order valence-corrected chi connectivity index (χ2v) is 5.81. The molecule has 21 heavy (non-hydrogen) atoms. The van der Waals surface area contributed by atoms with Gasteiger partial charge in [-0.15, -0.1) is 0 Å². The molecule has 4 nitrogen and oxygen atoms in total. The van der Waals surface area contributed by atoms with E-state index in [2.05, 4.69) is 21.2 Å². The maximum Gasteiger partial charge on any atom is 0.267 e. The van der Waals surface area contributed by atoms with Crippen LogP contribution >= 0.6 is 15.9 Å². The van der Waals surface area contributed by atoms with Crippen LogP contribution in [-0.4, -0.2) is 17.0 Å². The first kappa shape index (κ1) is 15.8. The number of carbonyl (C=O) groups excluding carboxylic acids is 1. The molecule has 5 heteroatoms. The SMILES string of the molecule is CCn1cc(Br)cc1C(=O)NCCC(N)c1ccccc1. The molecule has 112 valence electrons. The number of benzene rings is 1. The van der Waals surface area contributed by atoms with E-state index in [0.717, 1.165) is 16.6 Å². The summed E-state index contributed by atoms with van der Waals surface area (Å²) in [6.45, 7) is 3.33. The zero-order valence-electron chi connectivity index (χ0n) is 12.1. The maximum absolute atomic E-state index is 12.2. The van der Waals surface area contributed by atoms with Crippen molar-refractivity contribution in [3.63, 3.8) is 0 Å². The monoisotopic (exact) mass is 349 g/mol. The van der Waals surface area contributed by atoms with Crippen molar-refractivity contribution >= 4 is 21.8 Å². The molecular formula is C16H20BrN3O. The molecule has 0 aliphatic carbocycles. The molecule has 0 aliphatic rings. The number of carbonyl (C=O) groups is 1. The molecule has 0 saturated heterocycles. The van der Waals surface area contributed by atoms with Gasteiger partial charge < -0.3 is 15.6 Å². The molecule has 0 saturated carbocycles. The minimum Gasteiger partial charge on any atom is -0.351 e. The smallest absolute Gasteiger partial charge is 0.267 e. The number of nitrogens with zero attached hydrogens (tertiary/aromatic N) is 1. The molecule has 2 rings (SSSR count). The van der Waals surface area contributed by atoms with Crippen molar-refractivity contribution in [1.82, 2.24) is 9.88 Å². The van der Waals surface area contributed by atoms with Crippen LogP contribution in [0.15, 0.2) is 47.1 Å². The highest BCUT2D eigenvalue weighted by Crippen LogP contribution is 2.15. The molecule has 1 unspecified atom stereocenters. The van der Waals surface area contributed by atoms with Crippen LogP contribution in [0.1, 0.15) is 35.4 Å². The van der Waals surface area contributed by atoms with E-state index in [1.165, 1.54) is 0 Å². The standard InChI is InChI=1S/C16H20BrN3O/c1-2-20-11-13(17)10-15(20)16(21)19-9-8-14(18)12-6-4-3-5-7-12/h3-7,10-11,14H,2,8-9,18H2,1H3,(H,19,21). The number of aromatic nitrogens is 1. The summed E-state index contributed by atoms with van der Waals surface area (Å²) in [5.41, 5.74) is 7.87. The summed E-state index contributed by atoms with van der Waals surface area (Å²) < 4.78 is 2.83. The van der Waals surface area contributed by atoms with Crippen molar-refractivity contribution < 1.29 is 4.79 Å². The number of hydrogen-bond donors (Lipinski definition) is 2. The summed E-state index contributed by atoms with van der Waals surface area (Å²) in [6, 6.07) is 11.7. The van der Waals surface area contributed by atoms with E-state index < -0.39 is 0 Å². The molecule has 0 bridgehead atoms. The highest BCUT2D eigenvalue weighted by atomic mass is 79.9. The Morgan fingerprint density at radius 2 is 2.10 bits per heavy atom. The Bertz CT molecular complexity index is 595. The number of nitrogens with one attached hydrogen (secondary N) is 1. The second kappa shape index (κ2) is 7.43. The fourth-order valence-corrected chi connectivity index (χ4v) is 2.69. The van der Waals surface area contributed by atoms with Crippen LogP contribution in [-0.2, 0) is 6.54 Å². The van der Waals surface area contributed by atoms with Crippen molar-refractivity contribution in [3.8, 4) is 0 Å². The summed E-state index contributed by atoms with van der Waals surface area (Å²) >= 11 is 3.39. The Balaban J connectivity index is 1.87. The van der Waals surface area contributed by atoms with Gasteiger partial charge in [-0.25, -0.2) is 0 Å². The van der Waals surface area contributed by atoms with Gasteiger partial charge in [0.2, 0.25) is 0 Å². The van der Waals surface area contributed by atoms with E-state index >= 15 is 0 Å². The third-order valence-electron chi connectivity index (χ3n) is 3.41. The number of halogens is 1. The summed E-state index contributed by atoms with van der Waals surface area (Å²) in [6.07, 6.45) is 2.62. The zero-order valence-corrected chi connectivity index (χ0v) is 13.6. The molecule has 1 aromatic carbocycles. The fourth-order valence-electron chi connectivity index (χ4n) is 2.23. The molecule has 1 aromatic heterocycles. The Labute approximate surface area is 133 Å². The molecule has 0 aliphatic heterocycles. The van der Waals surface area contributed by atoms with Gasteiger partial charge in [-0.2, -0.15) is 0 Å². The number of aryl methyl sites for hydroxylation is 1. The van der Waals surface area contributed by atoms with E-state index in [-0.39, 0.29) is 11.9 Å². The van der Waals surface area contributed by atoms with Crippen LogP contribution < -0.4 is 11.1 Å². The number of hydrogen-bond acceptors (Lipinski definition) is 2. The van der Waals surface area contributed by atoms with Crippen LogP contribution in [0.25, 0.3) is 0 Å². The van der Waals surface area contributed by atoms with Crippen molar-refractivity contribution in [1.29, 1.82) is 0 Å². The minimum atomic E-state index is -0.0668. The topological polar surface area (TPSA) is 60.0 Å². The molecule has 1 amide bonds. The third-order valence-corrected chi connectivity index (χ3v) is 3.84. The number of nitrogens with two attached hydrogens (primary N) is 1. The Kier molecular flexibility index (Phi) is 5.59. The molecule has 0 fully saturated rings. The molecule has 1 heterocycles. The zero-order chi connectivity index (χ0) is 15.2. The summed E-state index contributed by atoms with van der Waals surface area (Å²) in [4.78, 5) is 12.2. The maximum atomic E-state index is 12.2. The lowest BCUT2D eigenvalue weighted by Gasteiger charge is -2.13. The van der Waals surface area contributed by atoms with Crippen LogP contribution in [0.3, 0.4) is 0 Å². The number of rotatable bonds is 6. The van der Waals surface area contributed by atoms with E-state index in [1.807, 2.05) is 54.1 Å².